The van der Waals surface area contributed by atoms with Crippen LogP contribution in [0.5, 0.6) is 0 Å². The Labute approximate surface area is 169 Å². The molecule has 2 bridgehead atoms. The number of fused-ring (bicyclic) bond motifs is 4. The predicted molar refractivity (Wildman–Crippen MR) is 111 cm³/mol. The molecule has 2 aliphatic heterocycles. The number of nitrogens with zero attached hydrogens (tertiary/aromatic N) is 2. The summed E-state index contributed by atoms with van der Waals surface area (Å²) in [5, 5.41) is 0. The molecular weight excluding hydrogens is 344 g/mol. The molecule has 1 aromatic carbocycles. The molecule has 0 unspecified atom stereocenters. The van der Waals surface area contributed by atoms with Gasteiger partial charge in [-0.2, -0.15) is 0 Å². The zero-order chi connectivity index (χ0) is 18.7. The number of rotatable bonds is 2. The van der Waals surface area contributed by atoms with Crippen LogP contribution >= 0.6 is 0 Å². The second kappa shape index (κ2) is 6.58. The van der Waals surface area contributed by atoms with Crippen molar-refractivity contribution in [3.63, 3.8) is 0 Å². The Kier molecular flexibility index (Phi) is 4.12. The number of piperidine rings is 1. The average Bonchev–Trinajstić information content (AvgIpc) is 3.47. The highest BCUT2D eigenvalue weighted by Gasteiger charge is 2.47. The summed E-state index contributed by atoms with van der Waals surface area (Å²) in [6.07, 6.45) is 12.9. The van der Waals surface area contributed by atoms with E-state index < -0.39 is 0 Å². The third-order valence-electron chi connectivity index (χ3n) is 9.20. The largest absolute Gasteiger partial charge is 0.336 e. The minimum atomic E-state index is 0.334. The molecule has 0 radical (unpaired) electrons. The molecule has 3 heteroatoms. The van der Waals surface area contributed by atoms with E-state index in [1.165, 1.54) is 63.6 Å². The molecule has 28 heavy (non-hydrogen) atoms. The summed E-state index contributed by atoms with van der Waals surface area (Å²) in [7, 11) is 0. The molecule has 0 aromatic heterocycles. The van der Waals surface area contributed by atoms with Gasteiger partial charge in [0.2, 0.25) is 5.91 Å². The van der Waals surface area contributed by atoms with Gasteiger partial charge in [0.1, 0.15) is 0 Å². The van der Waals surface area contributed by atoms with Crippen LogP contribution in [0.15, 0.2) is 24.3 Å². The number of amides is 1. The fourth-order valence-corrected chi connectivity index (χ4v) is 7.76. The van der Waals surface area contributed by atoms with Gasteiger partial charge in [0.05, 0.1) is 6.04 Å². The van der Waals surface area contributed by atoms with E-state index in [0.717, 1.165) is 43.7 Å². The third-order valence-corrected chi connectivity index (χ3v) is 9.20. The second-order valence-electron chi connectivity index (χ2n) is 10.4. The van der Waals surface area contributed by atoms with E-state index in [0.29, 0.717) is 17.4 Å². The Morgan fingerprint density at radius 3 is 2.50 bits per heavy atom. The lowest BCUT2D eigenvalue weighted by molar-refractivity contribution is -0.130. The van der Waals surface area contributed by atoms with Crippen molar-refractivity contribution in [3.05, 3.63) is 35.4 Å². The number of hydrogen-bond acceptors (Lipinski definition) is 2. The van der Waals surface area contributed by atoms with Crippen LogP contribution in [0.3, 0.4) is 0 Å². The Hall–Kier alpha value is -1.35. The molecular formula is C25H34N2O. The first-order chi connectivity index (χ1) is 13.7. The lowest BCUT2D eigenvalue weighted by atomic mass is 9.63. The molecule has 5 aliphatic rings. The Morgan fingerprint density at radius 1 is 0.929 bits per heavy atom. The van der Waals surface area contributed by atoms with E-state index >= 15 is 0 Å². The van der Waals surface area contributed by atoms with Crippen molar-refractivity contribution in [2.75, 3.05) is 19.6 Å². The highest BCUT2D eigenvalue weighted by Crippen LogP contribution is 2.52. The van der Waals surface area contributed by atoms with Crippen molar-refractivity contribution in [3.8, 4) is 0 Å². The van der Waals surface area contributed by atoms with Gasteiger partial charge in [-0.3, -0.25) is 4.79 Å². The first-order valence-electron chi connectivity index (χ1n) is 11.9. The molecule has 0 N–H and O–H groups in total. The summed E-state index contributed by atoms with van der Waals surface area (Å²) >= 11 is 0. The van der Waals surface area contributed by atoms with Crippen molar-refractivity contribution < 1.29 is 4.79 Å². The summed E-state index contributed by atoms with van der Waals surface area (Å²) in [4.78, 5) is 17.5. The van der Waals surface area contributed by atoms with E-state index in [-0.39, 0.29) is 0 Å². The van der Waals surface area contributed by atoms with E-state index in [4.69, 9.17) is 0 Å². The van der Waals surface area contributed by atoms with Gasteiger partial charge in [-0.1, -0.05) is 30.7 Å². The molecule has 6 rings (SSSR count). The van der Waals surface area contributed by atoms with Crippen LogP contribution in [0.25, 0.3) is 0 Å². The summed E-state index contributed by atoms with van der Waals surface area (Å²) in [6, 6.07) is 10.4. The first-order valence-corrected chi connectivity index (χ1v) is 11.9. The highest BCUT2D eigenvalue weighted by molar-refractivity contribution is 5.78. The second-order valence-corrected chi connectivity index (χ2v) is 10.4. The normalized spacial score (nSPS) is 37.0. The van der Waals surface area contributed by atoms with Crippen LogP contribution in [0.2, 0.25) is 0 Å². The molecule has 1 amide bonds. The van der Waals surface area contributed by atoms with Gasteiger partial charge in [0, 0.05) is 19.0 Å². The van der Waals surface area contributed by atoms with Crippen molar-refractivity contribution in [2.45, 2.75) is 81.7 Å². The Bertz CT molecular complexity index is 766. The summed E-state index contributed by atoms with van der Waals surface area (Å²) in [6.45, 7) is 3.54. The van der Waals surface area contributed by atoms with Gasteiger partial charge >= 0.3 is 0 Å². The van der Waals surface area contributed by atoms with Gasteiger partial charge in [0.15, 0.2) is 0 Å². The summed E-state index contributed by atoms with van der Waals surface area (Å²) < 4.78 is 0. The number of carbonyl (C=O) groups excluding carboxylic acids is 1. The smallest absolute Gasteiger partial charge is 0.223 e. The summed E-state index contributed by atoms with van der Waals surface area (Å²) in [5.41, 5.74) is 3.42. The molecule has 3 nitrogen and oxygen atoms in total. The highest BCUT2D eigenvalue weighted by atomic mass is 16.2. The molecule has 150 valence electrons. The lowest BCUT2D eigenvalue weighted by Crippen LogP contribution is -2.50. The maximum atomic E-state index is 12.4. The van der Waals surface area contributed by atoms with E-state index in [2.05, 4.69) is 34.1 Å². The standard InChI is InChI=1S/C25H34N2O/c28-24-6-3-13-27(24)22-9-10-25(21-5-2-1-4-20(21)22)11-14-26(15-12-25)23-17-18-7-8-19(23)16-18/h1-2,4-5,18-19,22-23H,3,6-17H2/t18-,19-,22+,23-/m1/s1. The van der Waals surface area contributed by atoms with Gasteiger partial charge in [0.25, 0.3) is 0 Å². The monoisotopic (exact) mass is 378 g/mol. The van der Waals surface area contributed by atoms with Gasteiger partial charge in [-0.05, 0) is 92.8 Å². The van der Waals surface area contributed by atoms with Gasteiger partial charge in [-0.15, -0.1) is 0 Å². The van der Waals surface area contributed by atoms with Crippen molar-refractivity contribution in [1.82, 2.24) is 9.80 Å². The molecule has 2 heterocycles. The van der Waals surface area contributed by atoms with Crippen molar-refractivity contribution in [1.29, 1.82) is 0 Å². The quantitative estimate of drug-likeness (QED) is 0.747. The number of carbonyl (C=O) groups is 1. The molecule has 2 saturated carbocycles. The lowest BCUT2D eigenvalue weighted by Gasteiger charge is -2.50. The Morgan fingerprint density at radius 2 is 1.79 bits per heavy atom. The third kappa shape index (κ3) is 2.61. The van der Waals surface area contributed by atoms with Gasteiger partial charge in [-0.25, -0.2) is 0 Å². The SMILES string of the molecule is O=C1CCCN1[C@H]1CCC2(CCN([C@@H]3C[C@@H]4CC[C@@H]3C4)CC2)c2ccccc21. The maximum absolute atomic E-state index is 12.4. The van der Waals surface area contributed by atoms with Crippen LogP contribution in [-0.4, -0.2) is 41.4 Å². The molecule has 4 atom stereocenters. The molecule has 1 spiro atoms. The van der Waals surface area contributed by atoms with Crippen LogP contribution in [0, 0.1) is 11.8 Å². The van der Waals surface area contributed by atoms with Gasteiger partial charge < -0.3 is 9.80 Å². The number of likely N-dealkylation sites (tertiary alicyclic amines) is 2. The van der Waals surface area contributed by atoms with Crippen LogP contribution < -0.4 is 0 Å². The van der Waals surface area contributed by atoms with E-state index in [9.17, 15) is 4.79 Å². The molecule has 4 fully saturated rings. The molecule has 1 aromatic rings. The minimum Gasteiger partial charge on any atom is -0.336 e. The molecule has 3 aliphatic carbocycles. The first kappa shape index (κ1) is 17.5. The maximum Gasteiger partial charge on any atom is 0.223 e. The fraction of sp³-hybridized carbons (Fsp3) is 0.720. The van der Waals surface area contributed by atoms with Crippen LogP contribution in [0.4, 0.5) is 0 Å². The fourth-order valence-electron chi connectivity index (χ4n) is 7.76. The van der Waals surface area contributed by atoms with E-state index in [1.54, 1.807) is 5.56 Å². The average molecular weight is 379 g/mol. The minimum absolute atomic E-state index is 0.334. The summed E-state index contributed by atoms with van der Waals surface area (Å²) in [5.74, 6) is 2.42. The van der Waals surface area contributed by atoms with Crippen molar-refractivity contribution >= 4 is 5.91 Å². The molecule has 2 saturated heterocycles. The topological polar surface area (TPSA) is 23.6 Å². The predicted octanol–water partition coefficient (Wildman–Crippen LogP) is 4.67. The van der Waals surface area contributed by atoms with Crippen LogP contribution in [0.1, 0.15) is 81.4 Å². The zero-order valence-electron chi connectivity index (χ0n) is 17.1. The van der Waals surface area contributed by atoms with Crippen molar-refractivity contribution in [2.24, 2.45) is 11.8 Å². The van der Waals surface area contributed by atoms with Crippen LogP contribution in [-0.2, 0) is 10.2 Å². The van der Waals surface area contributed by atoms with E-state index in [1.807, 2.05) is 0 Å². The number of benzene rings is 1. The Balaban J connectivity index is 1.24. The zero-order valence-corrected chi connectivity index (χ0v) is 17.1. The number of hydrogen-bond donors (Lipinski definition) is 0.